The summed E-state index contributed by atoms with van der Waals surface area (Å²) in [7, 11) is 9.13. The number of halogens is 1. The Bertz CT molecular complexity index is 3980. The van der Waals surface area contributed by atoms with Gasteiger partial charge in [-0.1, -0.05) is 102 Å². The Morgan fingerprint density at radius 3 is 2.12 bits per heavy atom. The number of hydroxylamine groups is 1. The summed E-state index contributed by atoms with van der Waals surface area (Å²) in [5, 5.41) is 79.8. The predicted octanol–water partition coefficient (Wildman–Crippen LogP) is 2.67. The van der Waals surface area contributed by atoms with Gasteiger partial charge in [0, 0.05) is 82.3 Å². The smallest absolute Gasteiger partial charge is 0.407 e. The summed E-state index contributed by atoms with van der Waals surface area (Å²) in [4.78, 5) is 128. The SMILES string of the molecule is CCN(C(C)=O)C1COC(OC2C(O[C@H]3C#C/C=C\C#C[C@]4(O)CC(=O)C(NC(=O)OC)C3/C4=C\CSSC(C)(C)CC(O)NNC(=O)[C@H](C)NC(=O)C(CC(N)=O)NC(=O)CCCC(=O)NC3CCCCCCCC3)OC(C)C(NOC3CC(O)C(SC(=O)c4c(C)c(I)c(OC5OC(C)C(O)C(OC)C5O)c(OC)c4OC)C(C)O3)C2O)CC1OC. The van der Waals surface area contributed by atoms with Crippen molar-refractivity contribution in [3.05, 3.63) is 38.5 Å². The molecule has 21 unspecified atom stereocenters. The number of ketones is 1. The maximum atomic E-state index is 14.6. The minimum absolute atomic E-state index is 0.00535. The van der Waals surface area contributed by atoms with Crippen LogP contribution < -0.4 is 57.5 Å². The maximum Gasteiger partial charge on any atom is 0.407 e. The van der Waals surface area contributed by atoms with Gasteiger partial charge in [0.25, 0.3) is 5.91 Å². The highest BCUT2D eigenvalue weighted by Gasteiger charge is 2.56. The zero-order valence-electron chi connectivity index (χ0n) is 71.8. The van der Waals surface area contributed by atoms with Gasteiger partial charge in [-0.25, -0.2) is 10.2 Å². The first-order chi connectivity index (χ1) is 58.4. The number of fused-ring (bicyclic) bond motifs is 2. The van der Waals surface area contributed by atoms with Crippen molar-refractivity contribution >= 4 is 108 Å². The Morgan fingerprint density at radius 2 is 1.48 bits per heavy atom. The molecule has 15 N–H and O–H groups in total. The number of ether oxygens (including phenoxy) is 12. The molecule has 3 aliphatic carbocycles. The maximum absolute atomic E-state index is 14.6. The second-order valence-electron chi connectivity index (χ2n) is 31.9. The van der Waals surface area contributed by atoms with E-state index in [1.807, 2.05) is 29.5 Å². The highest BCUT2D eigenvalue weighted by molar-refractivity contribution is 14.1. The van der Waals surface area contributed by atoms with Gasteiger partial charge in [0.05, 0.1) is 97.8 Å². The lowest BCUT2D eigenvalue weighted by atomic mass is 9.68. The Hall–Kier alpha value is -6.25. The van der Waals surface area contributed by atoms with Crippen molar-refractivity contribution in [1.82, 2.24) is 42.5 Å². The van der Waals surface area contributed by atoms with Crippen LogP contribution in [0.2, 0.25) is 0 Å². The van der Waals surface area contributed by atoms with Crippen LogP contribution in [0.1, 0.15) is 174 Å². The average molecular weight is 1910 g/mol. The van der Waals surface area contributed by atoms with Crippen LogP contribution >= 0.6 is 55.9 Å². The van der Waals surface area contributed by atoms with Gasteiger partial charge in [-0.05, 0) is 121 Å². The topological polar surface area (TPSA) is 508 Å². The van der Waals surface area contributed by atoms with E-state index >= 15 is 0 Å². The molecule has 8 rings (SSSR count). The van der Waals surface area contributed by atoms with Crippen molar-refractivity contribution in [2.24, 2.45) is 11.7 Å². The van der Waals surface area contributed by atoms with E-state index in [-0.39, 0.29) is 97.1 Å². The lowest BCUT2D eigenvalue weighted by Gasteiger charge is -2.48. The number of rotatable bonds is 37. The monoisotopic (exact) mass is 1900 g/mol. The van der Waals surface area contributed by atoms with Crippen molar-refractivity contribution in [2.75, 3.05) is 54.5 Å². The number of nitrogens with zero attached hydrogens (tertiary/aromatic N) is 1. The van der Waals surface area contributed by atoms with Gasteiger partial charge in [0.15, 0.2) is 41.8 Å². The van der Waals surface area contributed by atoms with Crippen molar-refractivity contribution in [2.45, 2.75) is 315 Å². The van der Waals surface area contributed by atoms with Crippen molar-refractivity contribution in [1.29, 1.82) is 0 Å². The number of benzene rings is 1. The van der Waals surface area contributed by atoms with Crippen molar-refractivity contribution in [3.63, 3.8) is 0 Å². The van der Waals surface area contributed by atoms with E-state index in [0.29, 0.717) is 15.7 Å². The van der Waals surface area contributed by atoms with Crippen LogP contribution in [-0.2, 0) is 81.0 Å². The quantitative estimate of drug-likeness (QED) is 0.00866. The standard InChI is InChI=1S/C82H122IN9O28S3/c1-15-92(46(7)93)50-40-113-59(37-54(50)108-10)118-72-67(101)64(91-120-60-36-51(94)74(45(6)114-60)122-77(105)61-41(2)63(83)70(73(111-13)69(61)109-11)119-78-68(102)71(110-12)66(100)44(5)116-78)43(4)115-79(72)117-53-29-24-20-21-25-33-82(107)38-52(95)65(88-80(106)112-14)62(53)48(82)32-34-121-123-81(8,9)39-58(99)89-90-75(103)42(3)85-76(104)49(35-55(84)96)87-57(98)31-26-30-56(97)86-47-27-22-18-16-17-19-23-28-47/h20-21,32,42-45,47,49-51,53-54,58-60,62,64-68,71-72,74,78-79,89,91,94,99-102,107H,15-19,22-23,26-28,30-31,34-40H2,1-14H3,(H2,84,96)(H,85,104)(H,86,97)(H,87,98)(H,88,106)(H,90,103)/b21-20-,48-32+/t42-,43?,44?,45?,49?,50?,51?,53-,54?,58?,59?,60?,62?,64?,65?,66?,67?,68?,71?,72?,74?,78?,79?,82-/m0/s1. The largest absolute Gasteiger partial charge is 0.492 e. The van der Waals surface area contributed by atoms with Crippen LogP contribution in [-0.4, -0.2) is 293 Å². The Labute approximate surface area is 742 Å². The summed E-state index contributed by atoms with van der Waals surface area (Å²) in [6, 6.07) is -5.94. The second kappa shape index (κ2) is 48.2. The number of carbonyl (C=O) groups excluding carboxylic acids is 9. The third-order valence-electron chi connectivity index (χ3n) is 22.4. The third-order valence-corrected chi connectivity index (χ3v) is 28.2. The molecule has 7 aliphatic rings. The molecule has 2 saturated carbocycles. The summed E-state index contributed by atoms with van der Waals surface area (Å²) < 4.78 is 72.6. The van der Waals surface area contributed by atoms with E-state index in [0.717, 1.165) is 57.4 Å². The van der Waals surface area contributed by atoms with Crippen LogP contribution in [0.5, 0.6) is 17.2 Å². The third kappa shape index (κ3) is 27.9. The molecule has 4 saturated heterocycles. The molecular weight excluding hydrogens is 1780 g/mol. The van der Waals surface area contributed by atoms with Crippen LogP contribution in [0.3, 0.4) is 0 Å². The van der Waals surface area contributed by atoms with Crippen molar-refractivity contribution in [3.8, 4) is 40.9 Å². The fraction of sp³-hybridized carbons (Fsp3) is 0.720. The number of aliphatic hydroxyl groups excluding tert-OH is 5. The predicted molar refractivity (Wildman–Crippen MR) is 458 cm³/mol. The Kier molecular flexibility index (Phi) is 40.1. The fourth-order valence-electron chi connectivity index (χ4n) is 15.9. The average Bonchev–Trinajstić information content (AvgIpc) is 0.844. The molecule has 2 bridgehead atoms. The number of likely N-dealkylation sites (N-methyl/N-ethyl adjacent to an activating group) is 1. The van der Waals surface area contributed by atoms with E-state index < -0.39 is 204 Å². The van der Waals surface area contributed by atoms with Gasteiger partial charge in [-0.15, -0.1) is 0 Å². The number of hydrogen-bond donors (Lipinski definition) is 14. The van der Waals surface area contributed by atoms with Gasteiger partial charge < -0.3 is 119 Å². The first kappa shape index (κ1) is 102. The molecule has 0 aromatic heterocycles. The molecule has 0 radical (unpaired) electrons. The Balaban J connectivity index is 0.951. The van der Waals surface area contributed by atoms with Gasteiger partial charge >= 0.3 is 6.09 Å². The molecule has 41 heteroatoms. The molecule has 123 heavy (non-hydrogen) atoms. The summed E-state index contributed by atoms with van der Waals surface area (Å²) in [5.74, 6) is 5.94. The summed E-state index contributed by atoms with van der Waals surface area (Å²) in [6.07, 6.45) is -9.50. The molecule has 4 heterocycles. The molecule has 37 nitrogen and oxygen atoms in total. The molecule has 1 aromatic carbocycles. The lowest BCUT2D eigenvalue weighted by molar-refractivity contribution is -0.340. The number of carbonyl (C=O) groups is 9. The van der Waals surface area contributed by atoms with Gasteiger partial charge in [-0.3, -0.25) is 48.6 Å². The number of allylic oxidation sites excluding steroid dienone is 2. The van der Waals surface area contributed by atoms with Crippen LogP contribution in [0, 0.1) is 40.1 Å². The summed E-state index contributed by atoms with van der Waals surface area (Å²) in [6.45, 7) is 14.9. The molecule has 24 atom stereocenters. The minimum Gasteiger partial charge on any atom is -0.492 e. The van der Waals surface area contributed by atoms with E-state index in [1.165, 1.54) is 88.9 Å². The molecule has 6 fully saturated rings. The lowest BCUT2D eigenvalue weighted by Crippen LogP contribution is -2.66. The van der Waals surface area contributed by atoms with E-state index in [9.17, 15) is 73.8 Å². The van der Waals surface area contributed by atoms with E-state index in [1.54, 1.807) is 52.5 Å². The second-order valence-corrected chi connectivity index (χ2v) is 37.2. The van der Waals surface area contributed by atoms with E-state index in [2.05, 4.69) is 61.3 Å². The first-order valence-corrected chi connectivity index (χ1v) is 45.6. The number of nitrogens with two attached hydrogens (primary N) is 1. The van der Waals surface area contributed by atoms with Gasteiger partial charge in [-0.2, -0.15) is 5.48 Å². The number of methoxy groups -OCH3 is 5. The number of alkyl carbamates (subject to hydrolysis) is 1. The van der Waals surface area contributed by atoms with Gasteiger partial charge in [0.1, 0.15) is 61.0 Å². The highest BCUT2D eigenvalue weighted by Crippen LogP contribution is 2.50. The normalized spacial score (nSPS) is 31.3. The van der Waals surface area contributed by atoms with Gasteiger partial charge in [0.2, 0.25) is 46.7 Å². The molecule has 4 aliphatic heterocycles. The van der Waals surface area contributed by atoms with Crippen LogP contribution in [0.25, 0.3) is 0 Å². The molecule has 0 spiro atoms. The number of aliphatic hydroxyl groups is 6. The number of nitrogens with one attached hydrogen (secondary N) is 7. The molecular formula is C82H122IN9O28S3. The number of primary amides is 1. The molecule has 688 valence electrons. The van der Waals surface area contributed by atoms with Crippen LogP contribution in [0.15, 0.2) is 23.8 Å². The number of Topliss-reactive ketones (excluding diaryl/α,β-unsaturated/α-hetero) is 1. The van der Waals surface area contributed by atoms with Crippen molar-refractivity contribution < 1.29 is 135 Å². The molecule has 1 aromatic rings. The zero-order chi connectivity index (χ0) is 90.3. The van der Waals surface area contributed by atoms with E-state index in [4.69, 9.17) is 67.4 Å². The first-order valence-electron chi connectivity index (χ1n) is 41.3. The van der Waals surface area contributed by atoms with Crippen LogP contribution in [0.4, 0.5) is 4.79 Å². The minimum atomic E-state index is -2.24. The highest BCUT2D eigenvalue weighted by atomic mass is 127. The number of thioether (sulfide) groups is 1. The fourth-order valence-corrected chi connectivity index (χ4v) is 20.1. The zero-order valence-corrected chi connectivity index (χ0v) is 76.4. The Morgan fingerprint density at radius 1 is 0.805 bits per heavy atom. The number of hydrogen-bond acceptors (Lipinski definition) is 33. The molecule has 7 amide bonds. The number of hydrazine groups is 1. The number of amides is 7. The summed E-state index contributed by atoms with van der Waals surface area (Å²) in [5.41, 5.74) is 11.6. The summed E-state index contributed by atoms with van der Waals surface area (Å²) >= 11 is 2.76.